The van der Waals surface area contributed by atoms with Crippen LogP contribution >= 0.6 is 0 Å². The van der Waals surface area contributed by atoms with Crippen molar-refractivity contribution in [1.29, 1.82) is 0 Å². The molecule has 5 N–H and O–H groups in total. The summed E-state index contributed by atoms with van der Waals surface area (Å²) in [7, 11) is 0. The molecule has 2 rings (SSSR count). The highest BCUT2D eigenvalue weighted by molar-refractivity contribution is 5.69. The zero-order valence-corrected chi connectivity index (χ0v) is 19.3. The first kappa shape index (κ1) is 26.9. The third-order valence-electron chi connectivity index (χ3n) is 6.25. The summed E-state index contributed by atoms with van der Waals surface area (Å²) in [5, 5.41) is 50.4. The van der Waals surface area contributed by atoms with Gasteiger partial charge in [-0.2, -0.15) is 0 Å². The van der Waals surface area contributed by atoms with E-state index >= 15 is 0 Å². The lowest BCUT2D eigenvalue weighted by Gasteiger charge is -2.40. The third-order valence-corrected chi connectivity index (χ3v) is 6.25. The number of aliphatic hydroxyl groups is 5. The van der Waals surface area contributed by atoms with Gasteiger partial charge in [-0.25, -0.2) is 0 Å². The van der Waals surface area contributed by atoms with Crippen LogP contribution in [0.15, 0.2) is 23.8 Å². The van der Waals surface area contributed by atoms with Gasteiger partial charge in [-0.1, -0.05) is 25.2 Å². The highest BCUT2D eigenvalue weighted by Crippen LogP contribution is 2.26. The van der Waals surface area contributed by atoms with Crippen molar-refractivity contribution in [3.63, 3.8) is 0 Å². The van der Waals surface area contributed by atoms with Gasteiger partial charge in [0.25, 0.3) is 0 Å². The predicted molar refractivity (Wildman–Crippen MR) is 115 cm³/mol. The molecule has 2 heterocycles. The van der Waals surface area contributed by atoms with E-state index in [1.165, 1.54) is 6.08 Å². The first-order chi connectivity index (χ1) is 14.9. The van der Waals surface area contributed by atoms with E-state index in [4.69, 9.17) is 14.2 Å². The van der Waals surface area contributed by atoms with Gasteiger partial charge in [-0.15, -0.1) is 0 Å². The zero-order valence-electron chi connectivity index (χ0n) is 19.3. The number of carbonyl (C=O) groups excluding carboxylic acids is 1. The summed E-state index contributed by atoms with van der Waals surface area (Å²) >= 11 is 0. The first-order valence-corrected chi connectivity index (χ1v) is 11.2. The predicted octanol–water partition coefficient (Wildman–Crippen LogP) is 0.567. The Hall–Kier alpha value is -1.33. The highest BCUT2D eigenvalue weighted by atomic mass is 16.7. The summed E-state index contributed by atoms with van der Waals surface area (Å²) in [5.74, 6) is -0.234. The van der Waals surface area contributed by atoms with E-state index in [9.17, 15) is 30.3 Å². The molecule has 184 valence electrons. The van der Waals surface area contributed by atoms with Crippen molar-refractivity contribution in [3.8, 4) is 0 Å². The van der Waals surface area contributed by atoms with Gasteiger partial charge in [0.05, 0.1) is 18.3 Å². The lowest BCUT2D eigenvalue weighted by molar-refractivity contribution is -0.305. The van der Waals surface area contributed by atoms with Crippen molar-refractivity contribution >= 4 is 5.97 Å². The summed E-state index contributed by atoms with van der Waals surface area (Å²) in [6.07, 6.45) is -1.14. The molecular formula is C23H38O9. The maximum atomic E-state index is 12.1. The van der Waals surface area contributed by atoms with Crippen molar-refractivity contribution < 1.29 is 44.5 Å². The Morgan fingerprint density at radius 3 is 2.53 bits per heavy atom. The van der Waals surface area contributed by atoms with Crippen LogP contribution in [-0.4, -0.2) is 86.6 Å². The second kappa shape index (κ2) is 11.7. The Kier molecular flexibility index (Phi) is 9.84. The average molecular weight is 459 g/mol. The maximum absolute atomic E-state index is 12.1. The smallest absolute Gasteiger partial charge is 0.306 e. The monoisotopic (exact) mass is 458 g/mol. The molecule has 0 aromatic rings. The maximum Gasteiger partial charge on any atom is 0.306 e. The molecule has 9 heteroatoms. The van der Waals surface area contributed by atoms with Gasteiger partial charge in [0.2, 0.25) is 0 Å². The number of hydrogen-bond donors (Lipinski definition) is 5. The van der Waals surface area contributed by atoms with Gasteiger partial charge in [0.15, 0.2) is 6.29 Å². The number of carbonyl (C=O) groups is 1. The van der Waals surface area contributed by atoms with E-state index in [0.29, 0.717) is 6.42 Å². The average Bonchev–Trinajstić information content (AvgIpc) is 2.74. The minimum atomic E-state index is -1.55. The number of ether oxygens (including phenoxy) is 3. The quantitative estimate of drug-likeness (QED) is 0.302. The number of allylic oxidation sites excluding steroid dienone is 1. The SMILES string of the molecule is CC1=CCC[C@H](C)[C@@H](C)OC(=O)CC[C@](C)(O)C=C[C@@H]1O[C@H]1O[C@H](CO)[C@@H](O)[C@H](O)[C@H]1O. The standard InChI is InChI=1S/C23H38O9/c1-13-6-5-7-14(2)16(8-10-23(4,29)11-9-18(25)30-15(13)3)31-22-21(28)20(27)19(26)17(12-24)32-22/h7-8,10,13,15-17,19-22,24,26-29H,5-6,9,11-12H2,1-4H3/t13-,15+,16-,17+,19+,20-,21+,22-,23+/m0/s1. The summed E-state index contributed by atoms with van der Waals surface area (Å²) in [5.41, 5.74) is -0.516. The van der Waals surface area contributed by atoms with Crippen LogP contribution in [0.1, 0.15) is 53.4 Å². The lowest BCUT2D eigenvalue weighted by Crippen LogP contribution is -2.59. The number of rotatable bonds is 3. The number of hydrogen-bond acceptors (Lipinski definition) is 9. The molecule has 2 aliphatic rings. The molecule has 0 amide bonds. The molecule has 1 saturated heterocycles. The number of esters is 1. The van der Waals surface area contributed by atoms with E-state index in [1.807, 2.05) is 26.8 Å². The van der Waals surface area contributed by atoms with Crippen molar-refractivity contribution in [3.05, 3.63) is 23.8 Å². The molecule has 0 aromatic carbocycles. The molecule has 2 aliphatic heterocycles. The van der Waals surface area contributed by atoms with E-state index in [2.05, 4.69) is 0 Å². The van der Waals surface area contributed by atoms with Crippen LogP contribution in [0, 0.1) is 5.92 Å². The molecule has 32 heavy (non-hydrogen) atoms. The van der Waals surface area contributed by atoms with Crippen molar-refractivity contribution in [2.24, 2.45) is 5.92 Å². The molecule has 0 aliphatic carbocycles. The fraction of sp³-hybridized carbons (Fsp3) is 0.783. The van der Waals surface area contributed by atoms with E-state index < -0.39 is 49.0 Å². The topological polar surface area (TPSA) is 146 Å². The fourth-order valence-corrected chi connectivity index (χ4v) is 3.67. The van der Waals surface area contributed by atoms with Crippen LogP contribution in [0.2, 0.25) is 0 Å². The van der Waals surface area contributed by atoms with Gasteiger partial charge in [0, 0.05) is 6.42 Å². The molecule has 0 saturated carbocycles. The van der Waals surface area contributed by atoms with Crippen molar-refractivity contribution in [1.82, 2.24) is 0 Å². The van der Waals surface area contributed by atoms with Crippen LogP contribution in [0.4, 0.5) is 0 Å². The van der Waals surface area contributed by atoms with Gasteiger partial charge in [-0.05, 0) is 51.5 Å². The third kappa shape index (κ3) is 7.34. The zero-order chi connectivity index (χ0) is 24.1. The number of cyclic esters (lactones) is 1. The van der Waals surface area contributed by atoms with Gasteiger partial charge < -0.3 is 39.7 Å². The summed E-state index contributed by atoms with van der Waals surface area (Å²) in [6.45, 7) is 6.71. The van der Waals surface area contributed by atoms with Crippen LogP contribution < -0.4 is 0 Å². The molecule has 0 bridgehead atoms. The largest absolute Gasteiger partial charge is 0.462 e. The van der Waals surface area contributed by atoms with Crippen LogP contribution in [-0.2, 0) is 19.0 Å². The van der Waals surface area contributed by atoms with Crippen LogP contribution in [0.25, 0.3) is 0 Å². The Morgan fingerprint density at radius 2 is 1.88 bits per heavy atom. The molecule has 0 radical (unpaired) electrons. The minimum Gasteiger partial charge on any atom is -0.462 e. The van der Waals surface area contributed by atoms with Gasteiger partial charge in [-0.3, -0.25) is 4.79 Å². The van der Waals surface area contributed by atoms with Crippen LogP contribution in [0.3, 0.4) is 0 Å². The molecule has 0 spiro atoms. The van der Waals surface area contributed by atoms with Gasteiger partial charge in [0.1, 0.15) is 30.5 Å². The highest BCUT2D eigenvalue weighted by Gasteiger charge is 2.44. The van der Waals surface area contributed by atoms with E-state index in [1.54, 1.807) is 13.0 Å². The Labute approximate surface area is 189 Å². The molecule has 1 fully saturated rings. The minimum absolute atomic E-state index is 0.0570. The van der Waals surface area contributed by atoms with E-state index in [0.717, 1.165) is 12.0 Å². The van der Waals surface area contributed by atoms with Crippen molar-refractivity contribution in [2.45, 2.75) is 102 Å². The Morgan fingerprint density at radius 1 is 1.19 bits per heavy atom. The molecular weight excluding hydrogens is 420 g/mol. The lowest BCUT2D eigenvalue weighted by atomic mass is 9.95. The fourth-order valence-electron chi connectivity index (χ4n) is 3.67. The molecule has 0 unspecified atom stereocenters. The molecule has 9 atom stereocenters. The first-order valence-electron chi connectivity index (χ1n) is 11.2. The summed E-state index contributed by atoms with van der Waals surface area (Å²) in [4.78, 5) is 12.1. The van der Waals surface area contributed by atoms with Crippen LogP contribution in [0.5, 0.6) is 0 Å². The summed E-state index contributed by atoms with van der Waals surface area (Å²) < 4.78 is 16.9. The number of aliphatic hydroxyl groups excluding tert-OH is 4. The molecule has 9 nitrogen and oxygen atoms in total. The second-order valence-electron chi connectivity index (χ2n) is 9.17. The normalized spacial score (nSPS) is 42.7. The second-order valence-corrected chi connectivity index (χ2v) is 9.17. The van der Waals surface area contributed by atoms with E-state index in [-0.39, 0.29) is 30.8 Å². The molecule has 0 aromatic heterocycles. The van der Waals surface area contributed by atoms with Gasteiger partial charge >= 0.3 is 5.97 Å². The Bertz CT molecular complexity index is 672. The van der Waals surface area contributed by atoms with Crippen molar-refractivity contribution in [2.75, 3.05) is 6.61 Å². The Balaban J connectivity index is 2.26. The summed E-state index contributed by atoms with van der Waals surface area (Å²) in [6, 6.07) is 0.